The van der Waals surface area contributed by atoms with Gasteiger partial charge in [-0.3, -0.25) is 14.4 Å². The van der Waals surface area contributed by atoms with E-state index in [0.29, 0.717) is 26.1 Å². The molecule has 0 aliphatic carbocycles. The van der Waals surface area contributed by atoms with Gasteiger partial charge in [0.15, 0.2) is 0 Å². The molecule has 22 heavy (non-hydrogen) atoms. The molecule has 3 amide bonds. The molecule has 0 spiro atoms. The monoisotopic (exact) mass is 309 g/mol. The number of fused-ring (bicyclic) bond motifs is 1. The molecule has 0 radical (unpaired) electrons. The first kappa shape index (κ1) is 15.3. The number of rotatable bonds is 2. The molecule has 0 aromatic carbocycles. The van der Waals surface area contributed by atoms with Gasteiger partial charge in [0.05, 0.1) is 18.7 Å². The minimum absolute atomic E-state index is 0.00145. The molecule has 122 valence electrons. The van der Waals surface area contributed by atoms with Crippen LogP contribution in [0.4, 0.5) is 0 Å². The van der Waals surface area contributed by atoms with Crippen LogP contribution in [0.15, 0.2) is 0 Å². The van der Waals surface area contributed by atoms with E-state index in [1.165, 1.54) is 0 Å². The fourth-order valence-corrected chi connectivity index (χ4v) is 3.40. The van der Waals surface area contributed by atoms with Crippen LogP contribution in [0.5, 0.6) is 0 Å². The standard InChI is InChI=1S/C15H23N3O4/c19-13-10-22-12-5-7-18(8-11(12)16-13)15(21)9-17-6-3-1-2-4-14(17)20/h11-12H,1-10H2,(H,16,19)/t11-,12-/m0/s1. The Morgan fingerprint density at radius 2 is 2.09 bits per heavy atom. The number of morpholine rings is 1. The van der Waals surface area contributed by atoms with E-state index in [1.807, 2.05) is 0 Å². The molecule has 7 nitrogen and oxygen atoms in total. The van der Waals surface area contributed by atoms with Gasteiger partial charge in [-0.2, -0.15) is 0 Å². The van der Waals surface area contributed by atoms with Gasteiger partial charge in [0.2, 0.25) is 17.7 Å². The molecule has 3 rings (SSSR count). The molecule has 0 aromatic rings. The van der Waals surface area contributed by atoms with Crippen molar-refractivity contribution in [2.24, 2.45) is 0 Å². The Kier molecular flexibility index (Phi) is 4.61. The summed E-state index contributed by atoms with van der Waals surface area (Å²) in [6.45, 7) is 2.03. The summed E-state index contributed by atoms with van der Waals surface area (Å²) >= 11 is 0. The van der Waals surface area contributed by atoms with Crippen molar-refractivity contribution in [3.63, 3.8) is 0 Å². The molecule has 2 atom stereocenters. The number of piperidine rings is 1. The average molecular weight is 309 g/mol. The maximum Gasteiger partial charge on any atom is 0.246 e. The predicted octanol–water partition coefficient (Wildman–Crippen LogP) is -0.495. The van der Waals surface area contributed by atoms with Crippen LogP contribution in [-0.2, 0) is 19.1 Å². The van der Waals surface area contributed by atoms with Gasteiger partial charge >= 0.3 is 0 Å². The summed E-state index contributed by atoms with van der Waals surface area (Å²) in [7, 11) is 0. The Morgan fingerprint density at radius 1 is 1.23 bits per heavy atom. The minimum atomic E-state index is -0.127. The number of amides is 3. The third kappa shape index (κ3) is 3.40. The number of hydrogen-bond donors (Lipinski definition) is 1. The normalized spacial score (nSPS) is 29.6. The van der Waals surface area contributed by atoms with E-state index in [1.54, 1.807) is 9.80 Å². The summed E-state index contributed by atoms with van der Waals surface area (Å²) in [5.41, 5.74) is 0. The third-order valence-corrected chi connectivity index (χ3v) is 4.67. The number of hydrogen-bond acceptors (Lipinski definition) is 4. The van der Waals surface area contributed by atoms with Crippen LogP contribution in [-0.4, -0.2) is 72.5 Å². The number of likely N-dealkylation sites (tertiary alicyclic amines) is 2. The van der Waals surface area contributed by atoms with Crippen molar-refractivity contribution >= 4 is 17.7 Å². The van der Waals surface area contributed by atoms with E-state index in [2.05, 4.69) is 5.32 Å². The van der Waals surface area contributed by atoms with Gasteiger partial charge in [0.1, 0.15) is 6.61 Å². The van der Waals surface area contributed by atoms with E-state index >= 15 is 0 Å². The highest BCUT2D eigenvalue weighted by molar-refractivity contribution is 5.85. The lowest BCUT2D eigenvalue weighted by molar-refractivity contribution is -0.148. The van der Waals surface area contributed by atoms with Gasteiger partial charge < -0.3 is 19.9 Å². The zero-order chi connectivity index (χ0) is 15.5. The predicted molar refractivity (Wildman–Crippen MR) is 77.9 cm³/mol. The Balaban J connectivity index is 1.56. The van der Waals surface area contributed by atoms with Crippen molar-refractivity contribution in [1.29, 1.82) is 0 Å². The number of nitrogens with one attached hydrogen (secondary N) is 1. The summed E-state index contributed by atoms with van der Waals surface area (Å²) in [5, 5.41) is 2.89. The second-order valence-corrected chi connectivity index (χ2v) is 6.28. The average Bonchev–Trinajstić information content (AvgIpc) is 2.71. The molecule has 7 heteroatoms. The Labute approximate surface area is 129 Å². The van der Waals surface area contributed by atoms with E-state index in [-0.39, 0.29) is 43.0 Å². The number of carbonyl (C=O) groups is 3. The zero-order valence-corrected chi connectivity index (χ0v) is 12.8. The van der Waals surface area contributed by atoms with Crippen LogP contribution < -0.4 is 5.32 Å². The Hall–Kier alpha value is -1.63. The van der Waals surface area contributed by atoms with Crippen molar-refractivity contribution in [1.82, 2.24) is 15.1 Å². The van der Waals surface area contributed by atoms with E-state index in [4.69, 9.17) is 4.74 Å². The van der Waals surface area contributed by atoms with Crippen molar-refractivity contribution in [3.8, 4) is 0 Å². The van der Waals surface area contributed by atoms with E-state index < -0.39 is 0 Å². The maximum atomic E-state index is 12.5. The maximum absolute atomic E-state index is 12.5. The molecule has 0 saturated carbocycles. The minimum Gasteiger partial charge on any atom is -0.366 e. The first-order valence-electron chi connectivity index (χ1n) is 8.10. The van der Waals surface area contributed by atoms with Gasteiger partial charge in [0.25, 0.3) is 0 Å². The molecule has 3 aliphatic heterocycles. The summed E-state index contributed by atoms with van der Waals surface area (Å²) in [5.74, 6) is -0.0817. The SMILES string of the molecule is O=C1CO[C@H]2CCN(C(=O)CN3CCCCCC3=O)C[C@@H]2N1. The lowest BCUT2D eigenvalue weighted by atomic mass is 10.0. The second kappa shape index (κ2) is 6.64. The molecule has 0 bridgehead atoms. The molecule has 3 fully saturated rings. The highest BCUT2D eigenvalue weighted by Gasteiger charge is 2.36. The summed E-state index contributed by atoms with van der Waals surface area (Å²) in [6.07, 6.45) is 4.20. The first-order valence-corrected chi connectivity index (χ1v) is 8.10. The van der Waals surface area contributed by atoms with Crippen LogP contribution in [0.1, 0.15) is 32.1 Å². The lowest BCUT2D eigenvalue weighted by Gasteiger charge is -2.41. The topological polar surface area (TPSA) is 79.0 Å². The van der Waals surface area contributed by atoms with Crippen LogP contribution in [0.2, 0.25) is 0 Å². The fraction of sp³-hybridized carbons (Fsp3) is 0.800. The molecule has 3 aliphatic rings. The van der Waals surface area contributed by atoms with E-state index in [9.17, 15) is 14.4 Å². The molecular weight excluding hydrogens is 286 g/mol. The van der Waals surface area contributed by atoms with Gasteiger partial charge in [-0.25, -0.2) is 0 Å². The quantitative estimate of drug-likeness (QED) is 0.746. The van der Waals surface area contributed by atoms with Crippen molar-refractivity contribution in [2.75, 3.05) is 32.8 Å². The molecular formula is C15H23N3O4. The molecule has 0 aromatic heterocycles. The summed E-state index contributed by atoms with van der Waals surface area (Å²) in [4.78, 5) is 39.3. The number of carbonyl (C=O) groups excluding carboxylic acids is 3. The van der Waals surface area contributed by atoms with Crippen LogP contribution in [0.3, 0.4) is 0 Å². The summed E-state index contributed by atoms with van der Waals surface area (Å²) < 4.78 is 5.49. The second-order valence-electron chi connectivity index (χ2n) is 6.28. The Morgan fingerprint density at radius 3 is 2.95 bits per heavy atom. The highest BCUT2D eigenvalue weighted by atomic mass is 16.5. The van der Waals surface area contributed by atoms with Crippen molar-refractivity contribution < 1.29 is 19.1 Å². The zero-order valence-electron chi connectivity index (χ0n) is 12.8. The number of ether oxygens (including phenoxy) is 1. The molecule has 3 heterocycles. The summed E-state index contributed by atoms with van der Waals surface area (Å²) in [6, 6.07) is -0.126. The van der Waals surface area contributed by atoms with Crippen molar-refractivity contribution in [2.45, 2.75) is 44.2 Å². The van der Waals surface area contributed by atoms with Crippen LogP contribution in [0, 0.1) is 0 Å². The Bertz CT molecular complexity index is 468. The third-order valence-electron chi connectivity index (χ3n) is 4.67. The first-order chi connectivity index (χ1) is 10.6. The smallest absolute Gasteiger partial charge is 0.246 e. The highest BCUT2D eigenvalue weighted by Crippen LogP contribution is 2.18. The van der Waals surface area contributed by atoms with Gasteiger partial charge in [-0.05, 0) is 19.3 Å². The van der Waals surface area contributed by atoms with Crippen LogP contribution >= 0.6 is 0 Å². The van der Waals surface area contributed by atoms with Gasteiger partial charge in [-0.1, -0.05) is 6.42 Å². The van der Waals surface area contributed by atoms with Gasteiger partial charge in [0, 0.05) is 26.1 Å². The molecule has 0 unspecified atom stereocenters. The van der Waals surface area contributed by atoms with E-state index in [0.717, 1.165) is 25.7 Å². The van der Waals surface area contributed by atoms with Crippen molar-refractivity contribution in [3.05, 3.63) is 0 Å². The van der Waals surface area contributed by atoms with Crippen LogP contribution in [0.25, 0.3) is 0 Å². The molecule has 3 saturated heterocycles. The number of nitrogens with zero attached hydrogens (tertiary/aromatic N) is 2. The largest absolute Gasteiger partial charge is 0.366 e. The van der Waals surface area contributed by atoms with Gasteiger partial charge in [-0.15, -0.1) is 0 Å². The fourth-order valence-electron chi connectivity index (χ4n) is 3.40. The molecule has 1 N–H and O–H groups in total. The lowest BCUT2D eigenvalue weighted by Crippen LogP contribution is -2.61.